The van der Waals surface area contributed by atoms with Crippen LogP contribution >= 0.6 is 23.4 Å². The van der Waals surface area contributed by atoms with E-state index in [0.717, 1.165) is 5.75 Å². The van der Waals surface area contributed by atoms with Gasteiger partial charge in [0.2, 0.25) is 10.0 Å². The largest absolute Gasteiger partial charge is 0.215 e. The first-order chi connectivity index (χ1) is 5.95. The zero-order valence-corrected chi connectivity index (χ0v) is 10.5. The number of hydrogen-bond acceptors (Lipinski definition) is 3. The molecule has 0 aromatic carbocycles. The molecule has 1 unspecified atom stereocenters. The lowest BCUT2D eigenvalue weighted by Crippen LogP contribution is -2.38. The lowest BCUT2D eigenvalue weighted by molar-refractivity contribution is 0.416. The van der Waals surface area contributed by atoms with Crippen molar-refractivity contribution in [3.63, 3.8) is 0 Å². The molecule has 0 fully saturated rings. The fraction of sp³-hybridized carbons (Fsp3) is 1.00. The van der Waals surface area contributed by atoms with E-state index in [1.807, 2.05) is 13.2 Å². The SMILES string of the molecule is CSCC(C)N(C)S(=O)(=O)CCCl. The molecule has 1 atom stereocenters. The van der Waals surface area contributed by atoms with Gasteiger partial charge in [0.25, 0.3) is 0 Å². The Hall–Kier alpha value is 0.550. The van der Waals surface area contributed by atoms with Gasteiger partial charge in [-0.2, -0.15) is 11.8 Å². The van der Waals surface area contributed by atoms with Gasteiger partial charge < -0.3 is 0 Å². The summed E-state index contributed by atoms with van der Waals surface area (Å²) >= 11 is 7.03. The minimum atomic E-state index is -3.14. The van der Waals surface area contributed by atoms with Crippen LogP contribution in [0.1, 0.15) is 6.92 Å². The molecule has 0 heterocycles. The van der Waals surface area contributed by atoms with Gasteiger partial charge in [-0.1, -0.05) is 0 Å². The summed E-state index contributed by atoms with van der Waals surface area (Å²) < 4.78 is 24.4. The fourth-order valence-electron chi connectivity index (χ4n) is 0.862. The number of nitrogens with zero attached hydrogens (tertiary/aromatic N) is 1. The smallest absolute Gasteiger partial charge is 0.212 e. The molecule has 0 saturated carbocycles. The third kappa shape index (κ3) is 4.54. The van der Waals surface area contributed by atoms with Gasteiger partial charge in [0, 0.05) is 24.7 Å². The summed E-state index contributed by atoms with van der Waals surface area (Å²) in [6.07, 6.45) is 1.96. The molecular weight excluding hydrogens is 230 g/mol. The van der Waals surface area contributed by atoms with Crippen molar-refractivity contribution < 1.29 is 8.42 Å². The van der Waals surface area contributed by atoms with Crippen LogP contribution in [0.4, 0.5) is 0 Å². The molecule has 0 rings (SSSR count). The van der Waals surface area contributed by atoms with Crippen molar-refractivity contribution in [3.05, 3.63) is 0 Å². The Kier molecular flexibility index (Phi) is 6.37. The van der Waals surface area contributed by atoms with E-state index < -0.39 is 10.0 Å². The van der Waals surface area contributed by atoms with Crippen molar-refractivity contribution >= 4 is 33.4 Å². The molecule has 0 aliphatic heterocycles. The van der Waals surface area contributed by atoms with Crippen LogP contribution in [0.2, 0.25) is 0 Å². The molecule has 13 heavy (non-hydrogen) atoms. The predicted molar refractivity (Wildman–Crippen MR) is 60.1 cm³/mol. The van der Waals surface area contributed by atoms with Crippen molar-refractivity contribution in [2.75, 3.05) is 30.7 Å². The molecule has 3 nitrogen and oxygen atoms in total. The summed E-state index contributed by atoms with van der Waals surface area (Å²) in [4.78, 5) is 0. The Morgan fingerprint density at radius 1 is 1.54 bits per heavy atom. The van der Waals surface area contributed by atoms with Crippen molar-refractivity contribution in [2.24, 2.45) is 0 Å². The van der Waals surface area contributed by atoms with Crippen molar-refractivity contribution in [1.29, 1.82) is 0 Å². The molecular formula is C7H16ClNO2S2. The van der Waals surface area contributed by atoms with Gasteiger partial charge in [-0.25, -0.2) is 12.7 Å². The first kappa shape index (κ1) is 13.5. The average Bonchev–Trinajstić information content (AvgIpc) is 2.03. The van der Waals surface area contributed by atoms with E-state index in [1.54, 1.807) is 18.8 Å². The van der Waals surface area contributed by atoms with Gasteiger partial charge >= 0.3 is 0 Å². The molecule has 6 heteroatoms. The molecule has 0 aliphatic carbocycles. The summed E-state index contributed by atoms with van der Waals surface area (Å²) in [5, 5.41) is 0. The highest BCUT2D eigenvalue weighted by atomic mass is 35.5. The van der Waals surface area contributed by atoms with Crippen LogP contribution in [0, 0.1) is 0 Å². The van der Waals surface area contributed by atoms with Crippen LogP contribution in [0.3, 0.4) is 0 Å². The highest BCUT2D eigenvalue weighted by molar-refractivity contribution is 7.98. The zero-order valence-electron chi connectivity index (χ0n) is 8.16. The molecule has 80 valence electrons. The van der Waals surface area contributed by atoms with Crippen molar-refractivity contribution in [1.82, 2.24) is 4.31 Å². The minimum absolute atomic E-state index is 0.0176. The van der Waals surface area contributed by atoms with Crippen LogP contribution in [0.15, 0.2) is 0 Å². The van der Waals surface area contributed by atoms with E-state index in [-0.39, 0.29) is 17.7 Å². The summed E-state index contributed by atoms with van der Waals surface area (Å²) in [7, 11) is -1.54. The number of thioether (sulfide) groups is 1. The lowest BCUT2D eigenvalue weighted by Gasteiger charge is -2.23. The normalized spacial score (nSPS) is 14.8. The standard InChI is InChI=1S/C7H16ClNO2S2/c1-7(6-12-3)9(2)13(10,11)5-4-8/h7H,4-6H2,1-3H3. The third-order valence-corrected chi connectivity index (χ3v) is 4.99. The highest BCUT2D eigenvalue weighted by Gasteiger charge is 2.21. The summed E-state index contributed by atoms with van der Waals surface area (Å²) in [5.74, 6) is 0.973. The predicted octanol–water partition coefficient (Wildman–Crippen LogP) is 1.24. The Bertz CT molecular complexity index is 231. The number of halogens is 1. The molecule has 0 spiro atoms. The quantitative estimate of drug-likeness (QED) is 0.661. The molecule has 0 aromatic heterocycles. The van der Waals surface area contributed by atoms with E-state index in [1.165, 1.54) is 4.31 Å². The third-order valence-electron chi connectivity index (χ3n) is 1.80. The zero-order chi connectivity index (χ0) is 10.5. The number of hydrogen-bond donors (Lipinski definition) is 0. The maximum Gasteiger partial charge on any atom is 0.215 e. The van der Waals surface area contributed by atoms with Gasteiger partial charge in [-0.15, -0.1) is 11.6 Å². The second-order valence-electron chi connectivity index (χ2n) is 2.83. The Balaban J connectivity index is 4.31. The molecule has 0 amide bonds. The van der Waals surface area contributed by atoms with E-state index >= 15 is 0 Å². The van der Waals surface area contributed by atoms with E-state index in [9.17, 15) is 8.42 Å². The number of sulfonamides is 1. The Labute approximate surface area is 89.9 Å². The van der Waals surface area contributed by atoms with Crippen LogP contribution < -0.4 is 0 Å². The number of alkyl halides is 1. The fourth-order valence-corrected chi connectivity index (χ4v) is 3.35. The molecule has 0 saturated heterocycles. The molecule has 0 N–H and O–H groups in total. The summed E-state index contributed by atoms with van der Waals surface area (Å²) in [6, 6.07) is 0.0308. The highest BCUT2D eigenvalue weighted by Crippen LogP contribution is 2.09. The lowest BCUT2D eigenvalue weighted by atomic mass is 10.4. The van der Waals surface area contributed by atoms with Crippen LogP contribution in [0.5, 0.6) is 0 Å². The molecule has 0 radical (unpaired) electrons. The first-order valence-corrected chi connectivity index (χ1v) is 7.50. The van der Waals surface area contributed by atoms with E-state index in [4.69, 9.17) is 11.6 Å². The first-order valence-electron chi connectivity index (χ1n) is 3.96. The monoisotopic (exact) mass is 245 g/mol. The topological polar surface area (TPSA) is 37.4 Å². The van der Waals surface area contributed by atoms with Crippen LogP contribution in [-0.4, -0.2) is 49.5 Å². The van der Waals surface area contributed by atoms with E-state index in [0.29, 0.717) is 0 Å². The second-order valence-corrected chi connectivity index (χ2v) is 6.26. The van der Waals surface area contributed by atoms with Crippen molar-refractivity contribution in [2.45, 2.75) is 13.0 Å². The average molecular weight is 246 g/mol. The van der Waals surface area contributed by atoms with Crippen LogP contribution in [-0.2, 0) is 10.0 Å². The van der Waals surface area contributed by atoms with Gasteiger partial charge in [-0.05, 0) is 13.2 Å². The summed E-state index contributed by atoms with van der Waals surface area (Å²) in [5.41, 5.74) is 0. The van der Waals surface area contributed by atoms with Gasteiger partial charge in [0.15, 0.2) is 0 Å². The molecule has 0 aliphatic rings. The Morgan fingerprint density at radius 3 is 2.46 bits per heavy atom. The number of rotatable bonds is 6. The van der Waals surface area contributed by atoms with Gasteiger partial charge in [0.05, 0.1) is 5.75 Å². The van der Waals surface area contributed by atoms with Gasteiger partial charge in [-0.3, -0.25) is 0 Å². The maximum atomic E-state index is 11.5. The van der Waals surface area contributed by atoms with Crippen LogP contribution in [0.25, 0.3) is 0 Å². The Morgan fingerprint density at radius 2 is 2.08 bits per heavy atom. The van der Waals surface area contributed by atoms with Crippen molar-refractivity contribution in [3.8, 4) is 0 Å². The van der Waals surface area contributed by atoms with Gasteiger partial charge in [0.1, 0.15) is 0 Å². The van der Waals surface area contributed by atoms with E-state index in [2.05, 4.69) is 0 Å². The summed E-state index contributed by atoms with van der Waals surface area (Å²) in [6.45, 7) is 1.89. The molecule has 0 aromatic rings. The molecule has 0 bridgehead atoms. The maximum absolute atomic E-state index is 11.5. The minimum Gasteiger partial charge on any atom is -0.212 e. The second kappa shape index (κ2) is 6.11.